The van der Waals surface area contributed by atoms with Gasteiger partial charge in [0, 0.05) is 23.3 Å². The van der Waals surface area contributed by atoms with Gasteiger partial charge in [-0.25, -0.2) is 4.68 Å². The third-order valence-electron chi connectivity index (χ3n) is 5.36. The largest absolute Gasteiger partial charge is 0.508 e. The average Bonchev–Trinajstić information content (AvgIpc) is 3.10. The van der Waals surface area contributed by atoms with Crippen molar-refractivity contribution in [2.24, 2.45) is 0 Å². The van der Waals surface area contributed by atoms with Crippen LogP contribution in [-0.4, -0.2) is 25.7 Å². The molecule has 0 bridgehead atoms. The molecule has 0 fully saturated rings. The van der Waals surface area contributed by atoms with Crippen LogP contribution in [0.3, 0.4) is 0 Å². The Morgan fingerprint density at radius 1 is 1.14 bits per heavy atom. The fourth-order valence-electron chi connectivity index (χ4n) is 3.98. The van der Waals surface area contributed by atoms with E-state index in [2.05, 4.69) is 5.32 Å². The average molecular weight is 372 g/mol. The number of rotatable bonds is 2. The predicted molar refractivity (Wildman–Crippen MR) is 106 cm³/mol. The molecule has 6 nitrogen and oxygen atoms in total. The molecule has 2 aromatic carbocycles. The molecule has 2 N–H and O–H groups in total. The number of aromatic nitrogens is 3. The van der Waals surface area contributed by atoms with Crippen molar-refractivity contribution < 1.29 is 9.90 Å². The summed E-state index contributed by atoms with van der Waals surface area (Å²) in [4.78, 5) is 17.5. The van der Waals surface area contributed by atoms with E-state index in [9.17, 15) is 9.90 Å². The fourth-order valence-corrected chi connectivity index (χ4v) is 3.98. The van der Waals surface area contributed by atoms with E-state index in [1.807, 2.05) is 37.3 Å². The Bertz CT molecular complexity index is 1110. The monoisotopic (exact) mass is 372 g/mol. The van der Waals surface area contributed by atoms with Gasteiger partial charge in [0.2, 0.25) is 5.95 Å². The SMILES string of the molecule is Cc1ccc(-c2nc3n(n2)[C@@H](c2cccc(O)c2)C2=C(CCCC2=O)N3)cc1. The second-order valence-electron chi connectivity index (χ2n) is 7.36. The molecule has 0 spiro atoms. The summed E-state index contributed by atoms with van der Waals surface area (Å²) in [7, 11) is 0. The number of nitrogens with one attached hydrogen (secondary N) is 1. The summed E-state index contributed by atoms with van der Waals surface area (Å²) in [6, 6.07) is 14.7. The molecule has 140 valence electrons. The molecule has 2 heterocycles. The lowest BCUT2D eigenvalue weighted by Crippen LogP contribution is -2.31. The number of Topliss-reactive ketones (excluding diaryl/α,β-unsaturated/α-hetero) is 1. The van der Waals surface area contributed by atoms with E-state index in [4.69, 9.17) is 10.1 Å². The zero-order chi connectivity index (χ0) is 19.3. The van der Waals surface area contributed by atoms with Crippen LogP contribution in [0.1, 0.15) is 36.4 Å². The van der Waals surface area contributed by atoms with Gasteiger partial charge in [-0.2, -0.15) is 4.98 Å². The topological polar surface area (TPSA) is 80.0 Å². The van der Waals surface area contributed by atoms with E-state index in [1.54, 1.807) is 22.9 Å². The van der Waals surface area contributed by atoms with E-state index in [0.717, 1.165) is 35.2 Å². The van der Waals surface area contributed by atoms with Crippen molar-refractivity contribution in [1.29, 1.82) is 0 Å². The molecule has 2 aliphatic rings. The van der Waals surface area contributed by atoms with E-state index < -0.39 is 6.04 Å². The summed E-state index contributed by atoms with van der Waals surface area (Å²) >= 11 is 0. The van der Waals surface area contributed by atoms with Crippen LogP contribution in [0, 0.1) is 6.92 Å². The zero-order valence-electron chi connectivity index (χ0n) is 15.5. The van der Waals surface area contributed by atoms with Gasteiger partial charge in [0.05, 0.1) is 0 Å². The van der Waals surface area contributed by atoms with Crippen LogP contribution in [-0.2, 0) is 4.79 Å². The number of benzene rings is 2. The number of phenols is 1. The Balaban J connectivity index is 1.68. The quantitative estimate of drug-likeness (QED) is 0.711. The second-order valence-corrected chi connectivity index (χ2v) is 7.36. The van der Waals surface area contributed by atoms with Crippen LogP contribution >= 0.6 is 0 Å². The van der Waals surface area contributed by atoms with Crippen LogP contribution in [0.4, 0.5) is 5.95 Å². The van der Waals surface area contributed by atoms with Crippen LogP contribution in [0.5, 0.6) is 5.75 Å². The molecule has 0 unspecified atom stereocenters. The highest BCUT2D eigenvalue weighted by Gasteiger charge is 2.37. The van der Waals surface area contributed by atoms with Gasteiger partial charge in [-0.15, -0.1) is 5.10 Å². The van der Waals surface area contributed by atoms with Gasteiger partial charge in [0.1, 0.15) is 11.8 Å². The predicted octanol–water partition coefficient (Wildman–Crippen LogP) is 3.98. The van der Waals surface area contributed by atoms with E-state index in [0.29, 0.717) is 18.2 Å². The summed E-state index contributed by atoms with van der Waals surface area (Å²) < 4.78 is 1.77. The number of anilines is 1. The zero-order valence-corrected chi connectivity index (χ0v) is 15.5. The number of aryl methyl sites for hydroxylation is 1. The molecule has 3 aromatic rings. The number of nitrogens with zero attached hydrogens (tertiary/aromatic N) is 3. The number of hydrogen-bond donors (Lipinski definition) is 2. The van der Waals surface area contributed by atoms with Crippen molar-refractivity contribution in [1.82, 2.24) is 14.8 Å². The molecule has 1 atom stereocenters. The van der Waals surface area contributed by atoms with E-state index in [-0.39, 0.29) is 11.5 Å². The van der Waals surface area contributed by atoms with Crippen molar-refractivity contribution in [2.75, 3.05) is 5.32 Å². The minimum Gasteiger partial charge on any atom is -0.508 e. The summed E-state index contributed by atoms with van der Waals surface area (Å²) in [5.41, 5.74) is 4.56. The maximum atomic E-state index is 12.8. The number of carbonyl (C=O) groups is 1. The van der Waals surface area contributed by atoms with Crippen LogP contribution in [0.15, 0.2) is 59.8 Å². The second kappa shape index (κ2) is 6.34. The first kappa shape index (κ1) is 16.7. The lowest BCUT2D eigenvalue weighted by molar-refractivity contribution is -0.116. The molecule has 1 aromatic heterocycles. The van der Waals surface area contributed by atoms with Crippen molar-refractivity contribution in [2.45, 2.75) is 32.2 Å². The molecule has 5 rings (SSSR count). The normalized spacial score (nSPS) is 18.5. The van der Waals surface area contributed by atoms with Gasteiger partial charge in [0.25, 0.3) is 0 Å². The van der Waals surface area contributed by atoms with E-state index in [1.165, 1.54) is 5.56 Å². The van der Waals surface area contributed by atoms with Gasteiger partial charge in [-0.05, 0) is 37.5 Å². The highest BCUT2D eigenvalue weighted by atomic mass is 16.3. The highest BCUT2D eigenvalue weighted by molar-refractivity contribution is 5.99. The molecule has 6 heteroatoms. The summed E-state index contributed by atoms with van der Waals surface area (Å²) in [5, 5.41) is 18.1. The molecule has 1 aliphatic carbocycles. The van der Waals surface area contributed by atoms with Gasteiger partial charge in [0.15, 0.2) is 11.6 Å². The van der Waals surface area contributed by atoms with E-state index >= 15 is 0 Å². The third-order valence-corrected chi connectivity index (χ3v) is 5.36. The minimum atomic E-state index is -0.391. The fraction of sp³-hybridized carbons (Fsp3) is 0.227. The smallest absolute Gasteiger partial charge is 0.226 e. The number of hydrogen-bond acceptors (Lipinski definition) is 5. The Hall–Kier alpha value is -3.41. The number of ketones is 1. The standard InChI is InChI=1S/C22H20N4O2/c1-13-8-10-14(11-9-13)21-24-22-23-17-6-3-7-18(28)19(17)20(26(22)25-21)15-4-2-5-16(27)12-15/h2,4-5,8-12,20,27H,3,6-7H2,1H3,(H,23,24,25)/t20-/m0/s1. The number of fused-ring (bicyclic) bond motifs is 1. The highest BCUT2D eigenvalue weighted by Crippen LogP contribution is 2.41. The third kappa shape index (κ3) is 2.69. The van der Waals surface area contributed by atoms with Crippen molar-refractivity contribution in [3.05, 3.63) is 70.9 Å². The number of aromatic hydroxyl groups is 1. The van der Waals surface area contributed by atoms with Crippen molar-refractivity contribution in [3.8, 4) is 17.1 Å². The van der Waals surface area contributed by atoms with Crippen molar-refractivity contribution in [3.63, 3.8) is 0 Å². The Kier molecular flexibility index (Phi) is 3.79. The first-order valence-electron chi connectivity index (χ1n) is 9.46. The van der Waals surface area contributed by atoms with Crippen molar-refractivity contribution >= 4 is 11.7 Å². The van der Waals surface area contributed by atoms with Crippen LogP contribution in [0.2, 0.25) is 0 Å². The molecular formula is C22H20N4O2. The Morgan fingerprint density at radius 2 is 1.96 bits per heavy atom. The summed E-state index contributed by atoms with van der Waals surface area (Å²) in [6.45, 7) is 2.04. The molecule has 0 amide bonds. The summed E-state index contributed by atoms with van der Waals surface area (Å²) in [6.07, 6.45) is 2.17. The molecule has 28 heavy (non-hydrogen) atoms. The number of carbonyl (C=O) groups excluding carboxylic acids is 1. The molecular weight excluding hydrogens is 352 g/mol. The first-order chi connectivity index (χ1) is 13.6. The van der Waals surface area contributed by atoms with Crippen LogP contribution in [0.25, 0.3) is 11.4 Å². The van der Waals surface area contributed by atoms with Gasteiger partial charge in [-0.3, -0.25) is 4.79 Å². The Morgan fingerprint density at radius 3 is 2.75 bits per heavy atom. The van der Waals surface area contributed by atoms with Gasteiger partial charge in [-0.1, -0.05) is 42.0 Å². The minimum absolute atomic E-state index is 0.125. The summed E-state index contributed by atoms with van der Waals surface area (Å²) in [5.74, 6) is 1.53. The first-order valence-corrected chi connectivity index (χ1v) is 9.46. The van der Waals surface area contributed by atoms with Gasteiger partial charge >= 0.3 is 0 Å². The number of allylic oxidation sites excluding steroid dienone is 2. The van der Waals surface area contributed by atoms with Gasteiger partial charge < -0.3 is 10.4 Å². The molecule has 0 saturated carbocycles. The Labute approximate surface area is 162 Å². The maximum absolute atomic E-state index is 12.8. The molecule has 1 aliphatic heterocycles. The maximum Gasteiger partial charge on any atom is 0.226 e. The lowest BCUT2D eigenvalue weighted by Gasteiger charge is -2.32. The molecule has 0 saturated heterocycles. The van der Waals surface area contributed by atoms with Crippen LogP contribution < -0.4 is 5.32 Å². The number of phenolic OH excluding ortho intramolecular Hbond substituents is 1. The lowest BCUT2D eigenvalue weighted by atomic mass is 9.85. The molecule has 0 radical (unpaired) electrons.